The topological polar surface area (TPSA) is 104 Å². The number of nitrogens with zero attached hydrogens (tertiary/aromatic N) is 4. The molecule has 3 heterocycles. The van der Waals surface area contributed by atoms with Gasteiger partial charge in [0, 0.05) is 26.3 Å². The number of benzene rings is 1. The zero-order chi connectivity index (χ0) is 21.3. The van der Waals surface area contributed by atoms with E-state index in [4.69, 9.17) is 0 Å². The number of hydrogen-bond donors (Lipinski definition) is 2. The van der Waals surface area contributed by atoms with Crippen LogP contribution in [0.4, 0.5) is 0 Å². The summed E-state index contributed by atoms with van der Waals surface area (Å²) in [5.74, 6) is 0.539. The van der Waals surface area contributed by atoms with E-state index in [1.54, 1.807) is 7.05 Å². The highest BCUT2D eigenvalue weighted by Crippen LogP contribution is 2.25. The Morgan fingerprint density at radius 3 is 2.63 bits per heavy atom. The SMILES string of the molecule is CCCc1c(O)c2[nH]c(CCN3N=C(c4ccccc4)CCC3=O)nc2n(C)c1=O. The van der Waals surface area contributed by atoms with E-state index in [2.05, 4.69) is 15.1 Å². The van der Waals surface area contributed by atoms with Crippen LogP contribution in [0.1, 0.15) is 43.1 Å². The summed E-state index contributed by atoms with van der Waals surface area (Å²) in [6.07, 6.45) is 2.74. The number of aromatic hydroxyl groups is 1. The van der Waals surface area contributed by atoms with Crippen molar-refractivity contribution in [1.82, 2.24) is 19.5 Å². The first-order valence-electron chi connectivity index (χ1n) is 10.2. The second-order valence-electron chi connectivity index (χ2n) is 7.50. The van der Waals surface area contributed by atoms with Gasteiger partial charge in [-0.25, -0.2) is 9.99 Å². The normalized spacial score (nSPS) is 14.4. The fourth-order valence-corrected chi connectivity index (χ4v) is 3.79. The lowest BCUT2D eigenvalue weighted by molar-refractivity contribution is -0.131. The van der Waals surface area contributed by atoms with E-state index in [1.807, 2.05) is 37.3 Å². The molecule has 2 aromatic heterocycles. The van der Waals surface area contributed by atoms with Gasteiger partial charge in [-0.15, -0.1) is 0 Å². The smallest absolute Gasteiger partial charge is 0.258 e. The number of rotatable bonds is 6. The highest BCUT2D eigenvalue weighted by atomic mass is 16.3. The number of nitrogens with one attached hydrogen (secondary N) is 1. The van der Waals surface area contributed by atoms with E-state index >= 15 is 0 Å². The summed E-state index contributed by atoms with van der Waals surface area (Å²) in [6.45, 7) is 2.33. The molecule has 8 nitrogen and oxygen atoms in total. The van der Waals surface area contributed by atoms with Gasteiger partial charge in [0.2, 0.25) is 5.91 Å². The zero-order valence-corrected chi connectivity index (χ0v) is 17.2. The molecule has 156 valence electrons. The predicted molar refractivity (Wildman–Crippen MR) is 115 cm³/mol. The lowest BCUT2D eigenvalue weighted by Gasteiger charge is -2.23. The van der Waals surface area contributed by atoms with Crippen molar-refractivity contribution < 1.29 is 9.90 Å². The molecule has 30 heavy (non-hydrogen) atoms. The average molecular weight is 407 g/mol. The van der Waals surface area contributed by atoms with Crippen LogP contribution in [0.3, 0.4) is 0 Å². The quantitative estimate of drug-likeness (QED) is 0.655. The summed E-state index contributed by atoms with van der Waals surface area (Å²) in [5, 5.41) is 16.6. The van der Waals surface area contributed by atoms with Crippen LogP contribution < -0.4 is 5.56 Å². The average Bonchev–Trinajstić information content (AvgIpc) is 3.20. The summed E-state index contributed by atoms with van der Waals surface area (Å²) >= 11 is 0. The molecule has 1 amide bonds. The Hall–Kier alpha value is -3.42. The number of pyridine rings is 1. The minimum Gasteiger partial charge on any atom is -0.505 e. The Morgan fingerprint density at radius 2 is 1.90 bits per heavy atom. The summed E-state index contributed by atoms with van der Waals surface area (Å²) in [6, 6.07) is 9.84. The standard InChI is InChI=1S/C22H25N5O3/c1-3-7-15-20(29)19-21(26(2)22(15)30)24-17(23-19)12-13-27-18(28)11-10-16(25-27)14-8-5-4-6-9-14/h4-6,8-9,29H,3,7,10-13H2,1-2H3,(H,23,24). The molecular formula is C22H25N5O3. The number of carbonyl (C=O) groups is 1. The number of carbonyl (C=O) groups excluding carboxylic acids is 1. The Balaban J connectivity index is 1.59. The van der Waals surface area contributed by atoms with Gasteiger partial charge in [0.1, 0.15) is 11.3 Å². The van der Waals surface area contributed by atoms with Crippen LogP contribution in [0, 0.1) is 0 Å². The monoisotopic (exact) mass is 407 g/mol. The Kier molecular flexibility index (Phi) is 5.39. The number of hydrazone groups is 1. The molecule has 1 aliphatic rings. The van der Waals surface area contributed by atoms with E-state index in [1.165, 1.54) is 9.58 Å². The van der Waals surface area contributed by atoms with Crippen molar-refractivity contribution in [3.05, 3.63) is 57.6 Å². The summed E-state index contributed by atoms with van der Waals surface area (Å²) in [5.41, 5.74) is 2.93. The number of aryl methyl sites for hydroxylation is 1. The highest BCUT2D eigenvalue weighted by Gasteiger charge is 2.22. The number of aromatic nitrogens is 3. The molecule has 0 unspecified atom stereocenters. The van der Waals surface area contributed by atoms with Gasteiger partial charge in [0.15, 0.2) is 11.4 Å². The van der Waals surface area contributed by atoms with Crippen molar-refractivity contribution in [2.45, 2.75) is 39.0 Å². The molecule has 0 radical (unpaired) electrons. The van der Waals surface area contributed by atoms with E-state index < -0.39 is 0 Å². The molecule has 1 aliphatic heterocycles. The second kappa shape index (κ2) is 8.14. The van der Waals surface area contributed by atoms with Crippen molar-refractivity contribution in [1.29, 1.82) is 0 Å². The third-order valence-corrected chi connectivity index (χ3v) is 5.41. The summed E-state index contributed by atoms with van der Waals surface area (Å²) in [7, 11) is 1.65. The molecule has 1 aromatic carbocycles. The Morgan fingerprint density at radius 1 is 1.13 bits per heavy atom. The molecule has 4 rings (SSSR count). The number of fused-ring (bicyclic) bond motifs is 1. The highest BCUT2D eigenvalue weighted by molar-refractivity contribution is 6.04. The molecule has 8 heteroatoms. The van der Waals surface area contributed by atoms with Crippen LogP contribution in [-0.4, -0.2) is 42.8 Å². The van der Waals surface area contributed by atoms with Gasteiger partial charge < -0.3 is 10.1 Å². The molecule has 2 N–H and O–H groups in total. The lowest BCUT2D eigenvalue weighted by atomic mass is 10.0. The van der Waals surface area contributed by atoms with Crippen LogP contribution in [0.25, 0.3) is 11.2 Å². The molecule has 0 atom stereocenters. The molecular weight excluding hydrogens is 382 g/mol. The van der Waals surface area contributed by atoms with Gasteiger partial charge in [-0.1, -0.05) is 43.7 Å². The van der Waals surface area contributed by atoms with Gasteiger partial charge >= 0.3 is 0 Å². The first-order chi connectivity index (χ1) is 14.5. The van der Waals surface area contributed by atoms with Gasteiger partial charge in [-0.05, 0) is 12.0 Å². The first-order valence-corrected chi connectivity index (χ1v) is 10.2. The largest absolute Gasteiger partial charge is 0.505 e. The summed E-state index contributed by atoms with van der Waals surface area (Å²) in [4.78, 5) is 32.4. The van der Waals surface area contributed by atoms with Crippen LogP contribution in [-0.2, 0) is 24.7 Å². The molecule has 0 saturated heterocycles. The van der Waals surface area contributed by atoms with Gasteiger partial charge in [-0.3, -0.25) is 14.2 Å². The van der Waals surface area contributed by atoms with Crippen molar-refractivity contribution in [2.75, 3.05) is 6.54 Å². The maximum absolute atomic E-state index is 12.5. The van der Waals surface area contributed by atoms with E-state index in [0.717, 1.165) is 17.7 Å². The fraction of sp³-hybridized carbons (Fsp3) is 0.364. The van der Waals surface area contributed by atoms with Crippen molar-refractivity contribution in [3.8, 4) is 5.75 Å². The lowest BCUT2D eigenvalue weighted by Crippen LogP contribution is -2.33. The van der Waals surface area contributed by atoms with E-state index in [-0.39, 0.29) is 17.2 Å². The van der Waals surface area contributed by atoms with E-state index in [0.29, 0.717) is 54.8 Å². The Bertz CT molecular complexity index is 1180. The maximum Gasteiger partial charge on any atom is 0.258 e. The minimum atomic E-state index is -0.233. The van der Waals surface area contributed by atoms with Gasteiger partial charge in [0.05, 0.1) is 17.8 Å². The third-order valence-electron chi connectivity index (χ3n) is 5.41. The predicted octanol–water partition coefficient (Wildman–Crippen LogP) is 2.49. The number of imidazole rings is 1. The van der Waals surface area contributed by atoms with Gasteiger partial charge in [-0.2, -0.15) is 5.10 Å². The molecule has 0 bridgehead atoms. The molecule has 0 fully saturated rings. The van der Waals surface area contributed by atoms with Crippen molar-refractivity contribution in [2.24, 2.45) is 12.1 Å². The van der Waals surface area contributed by atoms with Gasteiger partial charge in [0.25, 0.3) is 5.56 Å². The van der Waals surface area contributed by atoms with Crippen LogP contribution in [0.15, 0.2) is 40.2 Å². The number of H-pyrrole nitrogens is 1. The number of hydrogen-bond acceptors (Lipinski definition) is 5. The number of aromatic amines is 1. The summed E-state index contributed by atoms with van der Waals surface area (Å²) < 4.78 is 1.46. The molecule has 0 saturated carbocycles. The van der Waals surface area contributed by atoms with Crippen molar-refractivity contribution >= 4 is 22.8 Å². The fourth-order valence-electron chi connectivity index (χ4n) is 3.79. The maximum atomic E-state index is 12.5. The van der Waals surface area contributed by atoms with Crippen LogP contribution >= 0.6 is 0 Å². The Labute approximate surface area is 173 Å². The van der Waals surface area contributed by atoms with Crippen molar-refractivity contribution in [3.63, 3.8) is 0 Å². The molecule has 0 aliphatic carbocycles. The van der Waals surface area contributed by atoms with Crippen LogP contribution in [0.5, 0.6) is 5.75 Å². The first kappa shape index (κ1) is 19.9. The number of amides is 1. The molecule has 0 spiro atoms. The minimum absolute atomic E-state index is 0.0220. The van der Waals surface area contributed by atoms with Crippen LogP contribution in [0.2, 0.25) is 0 Å². The third kappa shape index (κ3) is 3.60. The second-order valence-corrected chi connectivity index (χ2v) is 7.50. The molecule has 3 aromatic rings. The van der Waals surface area contributed by atoms with E-state index in [9.17, 15) is 14.7 Å². The zero-order valence-electron chi connectivity index (χ0n) is 17.2.